The molecule has 3 heterocycles. The number of rotatable bonds is 9. The summed E-state index contributed by atoms with van der Waals surface area (Å²) in [6, 6.07) is 58.8. The number of aromatic nitrogens is 3. The van der Waals surface area contributed by atoms with Crippen LogP contribution >= 0.6 is 0 Å². The van der Waals surface area contributed by atoms with Gasteiger partial charge in [0.05, 0.1) is 38.6 Å². The molecule has 0 spiro atoms. The summed E-state index contributed by atoms with van der Waals surface area (Å²) >= 11 is 0. The predicted octanol–water partition coefficient (Wildman–Crippen LogP) is 15.7. The van der Waals surface area contributed by atoms with Crippen LogP contribution in [0, 0.1) is 17.9 Å². The van der Waals surface area contributed by atoms with Crippen molar-refractivity contribution in [2.24, 2.45) is 0 Å². The molecule has 10 rings (SSSR count). The largest absolute Gasteiger partial charge is 0.501 e. The molecule has 1 radical (unpaired) electrons. The molecule has 8 heteroatoms. The van der Waals surface area contributed by atoms with Gasteiger partial charge in [0.1, 0.15) is 5.58 Å². The molecule has 7 aromatic carbocycles. The van der Waals surface area contributed by atoms with Crippen molar-refractivity contribution in [3.05, 3.63) is 187 Å². The van der Waals surface area contributed by atoms with E-state index < -0.39 is 16.1 Å². The minimum atomic E-state index is -1.40. The van der Waals surface area contributed by atoms with Crippen LogP contribution in [-0.4, -0.2) is 30.7 Å². The summed E-state index contributed by atoms with van der Waals surface area (Å²) in [6.45, 7) is 23.3. The third-order valence-electron chi connectivity index (χ3n) is 12.7. The van der Waals surface area contributed by atoms with E-state index in [0.29, 0.717) is 0 Å². The van der Waals surface area contributed by atoms with E-state index in [-0.39, 0.29) is 37.8 Å². The predicted molar refractivity (Wildman–Crippen MR) is 286 cm³/mol. The summed E-state index contributed by atoms with van der Waals surface area (Å²) in [5, 5.41) is 4.96. The van der Waals surface area contributed by atoms with Crippen molar-refractivity contribution in [1.82, 2.24) is 14.5 Å². The number of benzene rings is 7. The minimum absolute atomic E-state index is 0. The second kappa shape index (κ2) is 19.5. The third-order valence-corrected chi connectivity index (χ3v) is 16.8. The van der Waals surface area contributed by atoms with Crippen molar-refractivity contribution < 1.29 is 28.9 Å². The van der Waals surface area contributed by atoms with Gasteiger partial charge < -0.3 is 14.0 Å². The van der Waals surface area contributed by atoms with Crippen LogP contribution in [0.1, 0.15) is 50.7 Å². The first-order valence-corrected chi connectivity index (χ1v) is 30.4. The quantitative estimate of drug-likeness (QED) is 0.107. The van der Waals surface area contributed by atoms with Gasteiger partial charge in [0.25, 0.3) is 0 Å². The Labute approximate surface area is 416 Å². The average Bonchev–Trinajstić information content (AvgIpc) is 3.90. The minimum Gasteiger partial charge on any atom is -0.501 e. The number of imidazole rings is 1. The van der Waals surface area contributed by atoms with E-state index in [1.807, 2.05) is 24.4 Å². The van der Waals surface area contributed by atoms with Crippen LogP contribution in [0.5, 0.6) is 0 Å². The number of hydrogen-bond donors (Lipinski definition) is 0. The molecular weight excluding hydrogens is 1050 g/mol. The van der Waals surface area contributed by atoms with E-state index >= 15 is 0 Å². The summed E-state index contributed by atoms with van der Waals surface area (Å²) in [6.07, 6.45) is 1.93. The molecule has 0 amide bonds. The molecule has 0 N–H and O–H groups in total. The molecule has 10 aromatic rings. The van der Waals surface area contributed by atoms with E-state index in [1.54, 1.807) is 6.07 Å². The molecular formula is C60H58FIrN3OSi2-2. The zero-order valence-corrected chi connectivity index (χ0v) is 45.0. The standard InChI is InChI=1S/C46H43N2OSi.C14H15FNSi.Ir/c1-29(2)39-26-34(32-20-23-35(24-21-32)50(5,6)7)27-40(30(3)4)44(39)48-42-19-12-11-18-41(42)47-46(48)38-17-13-16-37-36-25-22-33(28-43(36)49-45(37)38)31-14-9-8-10-15-31;1-17(2,3)13-8-9-14(16-10-13)11-4-6-12(15)7-5-11;/h8-16,18-30H,1-7H3;4,6-10H,1-3H3;/q2*-1;. The molecule has 0 fully saturated rings. The normalized spacial score (nSPS) is 11.9. The van der Waals surface area contributed by atoms with Crippen LogP contribution in [0.25, 0.3) is 83.6 Å². The van der Waals surface area contributed by atoms with Crippen LogP contribution < -0.4 is 10.4 Å². The van der Waals surface area contributed by atoms with E-state index in [9.17, 15) is 4.39 Å². The molecule has 345 valence electrons. The number of fused-ring (bicyclic) bond motifs is 4. The van der Waals surface area contributed by atoms with Gasteiger partial charge in [-0.1, -0.05) is 174 Å². The molecule has 0 aliphatic rings. The van der Waals surface area contributed by atoms with Gasteiger partial charge in [-0.3, -0.25) is 9.37 Å². The number of hydrogen-bond acceptors (Lipinski definition) is 3. The van der Waals surface area contributed by atoms with E-state index in [4.69, 9.17) is 9.40 Å². The Balaban J connectivity index is 0.000000293. The maximum atomic E-state index is 12.8. The summed E-state index contributed by atoms with van der Waals surface area (Å²) < 4.78 is 21.9. The SMILES string of the molecule is CC(C)c1cc(-c2ccc([Si](C)(C)C)cc2)cc(C(C)C)c1-n1c(-c2[c-]ccc3c2oc2cc(-c4ccccc4)ccc23)nc2ccccc21.C[Si](C)(C)c1ccc(-c2[c-]cc(F)cc2)nc1.[Ir]. The molecule has 0 atom stereocenters. The Morgan fingerprint density at radius 3 is 1.85 bits per heavy atom. The van der Waals surface area contributed by atoms with E-state index in [1.165, 1.54) is 56.0 Å². The van der Waals surface area contributed by atoms with Crippen LogP contribution in [0.2, 0.25) is 39.3 Å². The first-order valence-electron chi connectivity index (χ1n) is 23.4. The fraction of sp³-hybridized carbons (Fsp3) is 0.200. The van der Waals surface area contributed by atoms with Gasteiger partial charge >= 0.3 is 0 Å². The Kier molecular flexibility index (Phi) is 13.9. The van der Waals surface area contributed by atoms with E-state index in [0.717, 1.165) is 61.2 Å². The Hall–Kier alpha value is -6.03. The maximum absolute atomic E-state index is 12.8. The molecule has 0 bridgehead atoms. The maximum Gasteiger partial charge on any atom is 0.121 e. The summed E-state index contributed by atoms with van der Waals surface area (Å²) in [5.41, 5.74) is 14.8. The zero-order chi connectivity index (χ0) is 47.2. The van der Waals surface area contributed by atoms with Crippen molar-refractivity contribution in [3.8, 4) is 50.6 Å². The zero-order valence-electron chi connectivity index (χ0n) is 40.6. The van der Waals surface area contributed by atoms with Gasteiger partial charge in [0.2, 0.25) is 0 Å². The number of furan rings is 1. The topological polar surface area (TPSA) is 43.9 Å². The first kappa shape index (κ1) is 48.4. The van der Waals surface area contributed by atoms with Crippen molar-refractivity contribution in [2.45, 2.75) is 78.8 Å². The first-order chi connectivity index (χ1) is 32.0. The number of halogens is 1. The summed E-state index contributed by atoms with van der Waals surface area (Å²) in [4.78, 5) is 9.76. The monoisotopic (exact) mass is 1100 g/mol. The third kappa shape index (κ3) is 9.79. The van der Waals surface area contributed by atoms with Crippen LogP contribution in [-0.2, 0) is 20.1 Å². The smallest absolute Gasteiger partial charge is 0.121 e. The molecule has 68 heavy (non-hydrogen) atoms. The second-order valence-electron chi connectivity index (χ2n) is 20.3. The van der Waals surface area contributed by atoms with Gasteiger partial charge in [-0.25, -0.2) is 0 Å². The Morgan fingerprint density at radius 1 is 0.603 bits per heavy atom. The van der Waals surface area contributed by atoms with Crippen LogP contribution in [0.15, 0.2) is 162 Å². The van der Waals surface area contributed by atoms with Crippen LogP contribution in [0.3, 0.4) is 0 Å². The molecule has 0 unspecified atom stereocenters. The van der Waals surface area contributed by atoms with E-state index in [2.05, 4.69) is 204 Å². The fourth-order valence-electron chi connectivity index (χ4n) is 8.85. The van der Waals surface area contributed by atoms with Gasteiger partial charge in [-0.2, -0.15) is 0 Å². The fourth-order valence-corrected chi connectivity index (χ4v) is 11.0. The second-order valence-corrected chi connectivity index (χ2v) is 30.4. The van der Waals surface area contributed by atoms with Crippen molar-refractivity contribution >= 4 is 59.5 Å². The van der Waals surface area contributed by atoms with Gasteiger partial charge in [0, 0.05) is 43.2 Å². The summed E-state index contributed by atoms with van der Waals surface area (Å²) in [7, 11) is -2.69. The van der Waals surface area contributed by atoms with Crippen molar-refractivity contribution in [2.75, 3.05) is 0 Å². The average molecular weight is 1100 g/mol. The molecule has 4 nitrogen and oxygen atoms in total. The summed E-state index contributed by atoms with van der Waals surface area (Å²) in [5.74, 6) is 1.13. The van der Waals surface area contributed by atoms with Gasteiger partial charge in [-0.15, -0.1) is 48.0 Å². The molecule has 0 saturated heterocycles. The van der Waals surface area contributed by atoms with Gasteiger partial charge in [0.15, 0.2) is 0 Å². The molecule has 0 saturated carbocycles. The number of nitrogens with zero attached hydrogens (tertiary/aromatic N) is 3. The molecule has 0 aliphatic carbocycles. The number of pyridine rings is 1. The number of para-hydroxylation sites is 2. The molecule has 0 aliphatic heterocycles. The van der Waals surface area contributed by atoms with Crippen molar-refractivity contribution in [1.29, 1.82) is 0 Å². The van der Waals surface area contributed by atoms with Gasteiger partial charge in [-0.05, 0) is 86.4 Å². The Bertz CT molecular complexity index is 3330. The Morgan fingerprint density at radius 2 is 1.24 bits per heavy atom. The van der Waals surface area contributed by atoms with Crippen LogP contribution in [0.4, 0.5) is 4.39 Å². The van der Waals surface area contributed by atoms with Crippen molar-refractivity contribution in [3.63, 3.8) is 0 Å². The molecule has 3 aromatic heterocycles.